The number of carbonyl (C=O) groups is 1. The van der Waals surface area contributed by atoms with Gasteiger partial charge in [0.2, 0.25) is 3.92 Å². The minimum Gasteiger partial charge on any atom is -0.465 e. The number of halogens is 3. The van der Waals surface area contributed by atoms with E-state index in [9.17, 15) is 4.79 Å². The highest BCUT2D eigenvalue weighted by molar-refractivity contribution is 6.67. The van der Waals surface area contributed by atoms with Gasteiger partial charge in [-0.2, -0.15) is 0 Å². The van der Waals surface area contributed by atoms with Gasteiger partial charge in [-0.15, -0.1) is 0 Å². The highest BCUT2D eigenvalue weighted by Crippen LogP contribution is 2.22. The zero-order valence-corrected chi connectivity index (χ0v) is 9.16. The first kappa shape index (κ1) is 13.3. The lowest BCUT2D eigenvalue weighted by Crippen LogP contribution is -2.46. The van der Waals surface area contributed by atoms with Crippen LogP contribution >= 0.6 is 34.8 Å². The Kier molecular flexibility index (Phi) is 6.00. The molecule has 0 aliphatic rings. The summed E-state index contributed by atoms with van der Waals surface area (Å²) in [6, 6.07) is -1.02. The van der Waals surface area contributed by atoms with Gasteiger partial charge >= 0.3 is 5.97 Å². The lowest BCUT2D eigenvalue weighted by atomic mass is 10.3. The monoisotopic (exact) mass is 249 g/mol. The Hall–Kier alpha value is 0.260. The number of hydrogen-bond donors (Lipinski definition) is 2. The lowest BCUT2D eigenvalue weighted by molar-refractivity contribution is -0.146. The van der Waals surface area contributed by atoms with Crippen LogP contribution in [0.3, 0.4) is 0 Å². The molecule has 0 aliphatic heterocycles. The maximum absolute atomic E-state index is 11.0. The summed E-state index contributed by atoms with van der Waals surface area (Å²) in [7, 11) is 0. The normalized spacial score (nSPS) is 13.9. The molecule has 0 aromatic heterocycles. The number of hydrogen-bond acceptors (Lipinski definition) is 4. The van der Waals surface area contributed by atoms with Gasteiger partial charge in [0.05, 0.1) is 13.2 Å². The van der Waals surface area contributed by atoms with Gasteiger partial charge in [-0.3, -0.25) is 10.1 Å². The van der Waals surface area contributed by atoms with E-state index in [0.717, 1.165) is 0 Å². The van der Waals surface area contributed by atoms with Crippen molar-refractivity contribution in [2.45, 2.75) is 16.9 Å². The van der Waals surface area contributed by atoms with Gasteiger partial charge in [-0.1, -0.05) is 34.8 Å². The van der Waals surface area contributed by atoms with Gasteiger partial charge in [0.15, 0.2) is 0 Å². The number of carbonyl (C=O) groups excluding carboxylic acids is 1. The van der Waals surface area contributed by atoms with Crippen molar-refractivity contribution >= 4 is 40.8 Å². The van der Waals surface area contributed by atoms with Crippen molar-refractivity contribution in [1.82, 2.24) is 5.32 Å². The van der Waals surface area contributed by atoms with Crippen LogP contribution in [0.2, 0.25) is 0 Å². The molecule has 0 saturated carbocycles. The summed E-state index contributed by atoms with van der Waals surface area (Å²) < 4.78 is 2.81. The van der Waals surface area contributed by atoms with Crippen LogP contribution in [0.15, 0.2) is 0 Å². The Balaban J connectivity index is 4.10. The average molecular weight is 251 g/mol. The first-order chi connectivity index (χ1) is 5.90. The molecule has 1 unspecified atom stereocenters. The Morgan fingerprint density at radius 3 is 2.46 bits per heavy atom. The van der Waals surface area contributed by atoms with E-state index in [2.05, 4.69) is 10.1 Å². The molecule has 0 rings (SSSR count). The Morgan fingerprint density at radius 2 is 2.15 bits per heavy atom. The molecular formula is C6H10Cl3NO3. The predicted molar refractivity (Wildman–Crippen MR) is 50.9 cm³/mol. The van der Waals surface area contributed by atoms with Gasteiger partial charge < -0.3 is 9.84 Å². The molecule has 4 nitrogen and oxygen atoms in total. The van der Waals surface area contributed by atoms with E-state index in [1.165, 1.54) is 0 Å². The summed E-state index contributed by atoms with van der Waals surface area (Å²) in [5.41, 5.74) is 0. The van der Waals surface area contributed by atoms with Crippen molar-refractivity contribution in [1.29, 1.82) is 0 Å². The second-order valence-electron chi connectivity index (χ2n) is 2.13. The molecule has 7 heteroatoms. The van der Waals surface area contributed by atoms with Crippen LogP contribution in [0.25, 0.3) is 0 Å². The highest BCUT2D eigenvalue weighted by Gasteiger charge is 2.28. The Morgan fingerprint density at radius 1 is 1.62 bits per heavy atom. The number of rotatable bonds is 4. The van der Waals surface area contributed by atoms with Gasteiger partial charge in [-0.05, 0) is 6.92 Å². The van der Waals surface area contributed by atoms with E-state index in [1.807, 2.05) is 0 Å². The third-order valence-corrected chi connectivity index (χ3v) is 1.42. The van der Waals surface area contributed by atoms with E-state index in [0.29, 0.717) is 0 Å². The zero-order chi connectivity index (χ0) is 10.5. The fourth-order valence-corrected chi connectivity index (χ4v) is 1.01. The summed E-state index contributed by atoms with van der Waals surface area (Å²) in [5.74, 6) is -0.656. The molecule has 2 N–H and O–H groups in total. The first-order valence-corrected chi connectivity index (χ1v) is 4.66. The van der Waals surface area contributed by atoms with E-state index >= 15 is 0 Å². The zero-order valence-electron chi connectivity index (χ0n) is 6.89. The van der Waals surface area contributed by atoms with E-state index in [-0.39, 0.29) is 6.61 Å². The number of nitrogens with one attached hydrogen (secondary N) is 1. The summed E-state index contributed by atoms with van der Waals surface area (Å²) >= 11 is 16.1. The van der Waals surface area contributed by atoms with Crippen molar-refractivity contribution in [3.8, 4) is 0 Å². The second kappa shape index (κ2) is 5.88. The fourth-order valence-electron chi connectivity index (χ4n) is 0.620. The third kappa shape index (κ3) is 6.35. The van der Waals surface area contributed by atoms with E-state index in [1.54, 1.807) is 6.92 Å². The van der Waals surface area contributed by atoms with Crippen molar-refractivity contribution in [3.63, 3.8) is 0 Å². The molecule has 0 aliphatic carbocycles. The first-order valence-electron chi connectivity index (χ1n) is 3.52. The number of alkyl halides is 3. The minimum absolute atomic E-state index is 0.205. The number of aliphatic hydroxyl groups is 1. The van der Waals surface area contributed by atoms with Crippen molar-refractivity contribution < 1.29 is 14.6 Å². The summed E-state index contributed by atoms with van der Waals surface area (Å²) in [4.78, 5) is 11.0. The van der Waals surface area contributed by atoms with Crippen LogP contribution in [0.1, 0.15) is 6.92 Å². The van der Waals surface area contributed by atoms with Gasteiger partial charge in [0.1, 0.15) is 6.04 Å². The fraction of sp³-hybridized carbons (Fsp3) is 0.833. The van der Waals surface area contributed by atoms with Crippen molar-refractivity contribution in [3.05, 3.63) is 0 Å². The number of ether oxygens (including phenoxy) is 1. The van der Waals surface area contributed by atoms with Crippen LogP contribution < -0.4 is 5.32 Å². The average Bonchev–Trinajstić information content (AvgIpc) is 1.99. The molecule has 0 saturated heterocycles. The molecule has 13 heavy (non-hydrogen) atoms. The summed E-state index contributed by atoms with van der Waals surface area (Å²) in [5, 5.41) is 11.0. The Bertz CT molecular complexity index is 171. The van der Waals surface area contributed by atoms with E-state index in [4.69, 9.17) is 39.9 Å². The van der Waals surface area contributed by atoms with Crippen LogP contribution in [0.5, 0.6) is 0 Å². The number of aliphatic hydroxyl groups excluding tert-OH is 1. The maximum atomic E-state index is 11.0. The highest BCUT2D eigenvalue weighted by atomic mass is 35.6. The van der Waals surface area contributed by atoms with Crippen LogP contribution in [0, 0.1) is 0 Å². The van der Waals surface area contributed by atoms with Gasteiger partial charge in [0.25, 0.3) is 0 Å². The molecular weight excluding hydrogens is 240 g/mol. The summed E-state index contributed by atoms with van der Waals surface area (Å²) in [6.45, 7) is 1.35. The number of esters is 1. The van der Waals surface area contributed by atoms with E-state index < -0.39 is 22.5 Å². The maximum Gasteiger partial charge on any atom is 0.325 e. The summed E-state index contributed by atoms with van der Waals surface area (Å²) in [6.07, 6.45) is 0. The largest absolute Gasteiger partial charge is 0.465 e. The molecule has 0 spiro atoms. The molecule has 0 fully saturated rings. The quantitative estimate of drug-likeness (QED) is 0.441. The standard InChI is InChI=1S/C6H10Cl3NO3/c1-2-13-5(12)4(3-11)10-6(7,8)9/h4,10-11H,2-3H2,1H3. The molecule has 0 bridgehead atoms. The van der Waals surface area contributed by atoms with Crippen LogP contribution in [-0.4, -0.2) is 34.2 Å². The molecule has 0 heterocycles. The smallest absolute Gasteiger partial charge is 0.325 e. The van der Waals surface area contributed by atoms with Crippen LogP contribution in [0.4, 0.5) is 0 Å². The van der Waals surface area contributed by atoms with Crippen molar-refractivity contribution in [2.24, 2.45) is 0 Å². The SMILES string of the molecule is CCOC(=O)C(CO)NC(Cl)(Cl)Cl. The molecule has 0 aromatic rings. The third-order valence-electron chi connectivity index (χ3n) is 1.09. The Labute approximate surface area is 91.1 Å². The molecule has 78 valence electrons. The topological polar surface area (TPSA) is 58.6 Å². The minimum atomic E-state index is -1.79. The second-order valence-corrected chi connectivity index (χ2v) is 4.41. The van der Waals surface area contributed by atoms with Crippen LogP contribution in [-0.2, 0) is 9.53 Å². The molecule has 0 amide bonds. The predicted octanol–water partition coefficient (Wildman–Crippen LogP) is 0.828. The molecule has 0 aromatic carbocycles. The molecule has 0 radical (unpaired) electrons. The lowest BCUT2D eigenvalue weighted by Gasteiger charge is -2.19. The van der Waals surface area contributed by atoms with Gasteiger partial charge in [0, 0.05) is 0 Å². The van der Waals surface area contributed by atoms with Crippen molar-refractivity contribution in [2.75, 3.05) is 13.2 Å². The van der Waals surface area contributed by atoms with Gasteiger partial charge in [-0.25, -0.2) is 0 Å². The molecule has 1 atom stereocenters.